The smallest absolute Gasteiger partial charge is 0.220 e. The molecule has 0 amide bonds. The lowest BCUT2D eigenvalue weighted by molar-refractivity contribution is 0.0427. The summed E-state index contributed by atoms with van der Waals surface area (Å²) >= 11 is 7.20. The topological polar surface area (TPSA) is 9.23 Å². The normalized spacial score (nSPS) is 26.7. The molecule has 1 aliphatic carbocycles. The van der Waals surface area contributed by atoms with Gasteiger partial charge >= 0.3 is 0 Å². The van der Waals surface area contributed by atoms with E-state index in [0.717, 1.165) is 12.3 Å². The Bertz CT molecular complexity index is 472. The lowest BCUT2D eigenvalue weighted by Gasteiger charge is -2.37. The van der Waals surface area contributed by atoms with Crippen molar-refractivity contribution in [1.29, 1.82) is 0 Å². The van der Waals surface area contributed by atoms with Gasteiger partial charge in [0, 0.05) is 5.25 Å². The number of hydrogen-bond donors (Lipinski definition) is 0. The number of ether oxygens (including phenoxy) is 1. The van der Waals surface area contributed by atoms with E-state index in [1.54, 1.807) is 11.8 Å². The zero-order chi connectivity index (χ0) is 16.1. The first-order valence-corrected chi connectivity index (χ1v) is 9.68. The second kappa shape index (κ2) is 8.35. The Labute approximate surface area is 145 Å². The molecule has 3 heteroatoms. The molecule has 1 saturated carbocycles. The molecule has 0 radical (unpaired) electrons. The third kappa shape index (κ3) is 4.99. The summed E-state index contributed by atoms with van der Waals surface area (Å²) in [6.45, 7) is 9.13. The maximum absolute atomic E-state index is 6.22. The van der Waals surface area contributed by atoms with E-state index < -0.39 is 0 Å². The van der Waals surface area contributed by atoms with Gasteiger partial charge in [0.2, 0.25) is 4.38 Å². The maximum atomic E-state index is 6.22. The third-order valence-corrected chi connectivity index (χ3v) is 6.05. The molecule has 0 aliphatic heterocycles. The van der Waals surface area contributed by atoms with Gasteiger partial charge in [0.05, 0.1) is 0 Å². The molecule has 1 fully saturated rings. The van der Waals surface area contributed by atoms with Crippen LogP contribution in [0.1, 0.15) is 57.8 Å². The molecule has 0 spiro atoms. The van der Waals surface area contributed by atoms with E-state index >= 15 is 0 Å². The van der Waals surface area contributed by atoms with Crippen LogP contribution in [0.5, 0.6) is 0 Å². The van der Waals surface area contributed by atoms with Gasteiger partial charge in [0.25, 0.3) is 0 Å². The standard InChI is InChI=1S/C19H28OS2/c1-13(2)17-11-10-14(3)12-18(17)20-19(21)22-15(4)16-8-6-5-7-9-16/h5-9,13-15,17-18H,10-12H2,1-4H3/t14-,15?,17+,18-/m1/s1. The van der Waals surface area contributed by atoms with Crippen molar-refractivity contribution in [3.8, 4) is 0 Å². The van der Waals surface area contributed by atoms with Crippen LogP contribution in [0, 0.1) is 17.8 Å². The SMILES string of the molecule is CC(SC(=S)O[C@@H]1C[C@H](C)CC[C@H]1C(C)C)c1ccccc1. The molecule has 1 aromatic carbocycles. The Hall–Kier alpha value is -0.540. The molecule has 0 heterocycles. The van der Waals surface area contributed by atoms with Crippen LogP contribution < -0.4 is 0 Å². The maximum Gasteiger partial charge on any atom is 0.220 e. The first-order valence-electron chi connectivity index (χ1n) is 8.39. The van der Waals surface area contributed by atoms with Crippen molar-refractivity contribution >= 4 is 28.4 Å². The van der Waals surface area contributed by atoms with E-state index in [2.05, 4.69) is 52.0 Å². The summed E-state index contributed by atoms with van der Waals surface area (Å²) in [7, 11) is 0. The Morgan fingerprint density at radius 1 is 1.18 bits per heavy atom. The van der Waals surface area contributed by atoms with Crippen molar-refractivity contribution in [2.75, 3.05) is 0 Å². The van der Waals surface area contributed by atoms with E-state index in [-0.39, 0.29) is 0 Å². The van der Waals surface area contributed by atoms with Gasteiger partial charge < -0.3 is 4.74 Å². The lowest BCUT2D eigenvalue weighted by Crippen LogP contribution is -2.35. The summed E-state index contributed by atoms with van der Waals surface area (Å²) in [6.07, 6.45) is 4.03. The van der Waals surface area contributed by atoms with Gasteiger partial charge in [0.1, 0.15) is 6.10 Å². The highest BCUT2D eigenvalue weighted by atomic mass is 32.2. The van der Waals surface area contributed by atoms with Crippen LogP contribution in [0.4, 0.5) is 0 Å². The van der Waals surface area contributed by atoms with Crippen LogP contribution in [0.3, 0.4) is 0 Å². The van der Waals surface area contributed by atoms with Crippen molar-refractivity contribution in [2.45, 2.75) is 58.3 Å². The van der Waals surface area contributed by atoms with Crippen molar-refractivity contribution in [3.05, 3.63) is 35.9 Å². The molecule has 0 aromatic heterocycles. The molecule has 0 bridgehead atoms. The highest BCUT2D eigenvalue weighted by molar-refractivity contribution is 8.22. The van der Waals surface area contributed by atoms with Gasteiger partial charge in [-0.15, -0.1) is 0 Å². The van der Waals surface area contributed by atoms with Gasteiger partial charge in [-0.25, -0.2) is 0 Å². The Balaban J connectivity index is 1.92. The molecule has 2 rings (SSSR count). The number of hydrogen-bond acceptors (Lipinski definition) is 3. The molecule has 1 aromatic rings. The third-order valence-electron chi connectivity index (χ3n) is 4.75. The zero-order valence-corrected chi connectivity index (χ0v) is 15.8. The predicted molar refractivity (Wildman–Crippen MR) is 101 cm³/mol. The Kier molecular flexibility index (Phi) is 6.76. The van der Waals surface area contributed by atoms with Gasteiger partial charge in [0.15, 0.2) is 0 Å². The van der Waals surface area contributed by atoms with Crippen molar-refractivity contribution in [2.24, 2.45) is 17.8 Å². The van der Waals surface area contributed by atoms with E-state index in [1.807, 2.05) is 6.07 Å². The highest BCUT2D eigenvalue weighted by Gasteiger charge is 2.33. The van der Waals surface area contributed by atoms with Gasteiger partial charge in [-0.2, -0.15) is 0 Å². The van der Waals surface area contributed by atoms with Crippen molar-refractivity contribution in [3.63, 3.8) is 0 Å². The van der Waals surface area contributed by atoms with Crippen LogP contribution >= 0.6 is 24.0 Å². The van der Waals surface area contributed by atoms with E-state index in [1.165, 1.54) is 18.4 Å². The van der Waals surface area contributed by atoms with Crippen LogP contribution in [0.2, 0.25) is 0 Å². The van der Waals surface area contributed by atoms with Gasteiger partial charge in [-0.1, -0.05) is 69.3 Å². The summed E-state index contributed by atoms with van der Waals surface area (Å²) in [6, 6.07) is 10.5. The molecule has 1 unspecified atom stereocenters. The van der Waals surface area contributed by atoms with Crippen LogP contribution in [0.15, 0.2) is 30.3 Å². The van der Waals surface area contributed by atoms with E-state index in [0.29, 0.717) is 27.6 Å². The summed E-state index contributed by atoms with van der Waals surface area (Å²) in [4.78, 5) is 0. The first kappa shape index (κ1) is 17.8. The minimum atomic E-state index is 0.298. The largest absolute Gasteiger partial charge is 0.475 e. The first-order chi connectivity index (χ1) is 10.5. The Morgan fingerprint density at radius 3 is 2.50 bits per heavy atom. The van der Waals surface area contributed by atoms with Crippen molar-refractivity contribution < 1.29 is 4.74 Å². The monoisotopic (exact) mass is 336 g/mol. The fourth-order valence-electron chi connectivity index (χ4n) is 3.34. The molecule has 4 atom stereocenters. The predicted octanol–water partition coefficient (Wildman–Crippen LogP) is 6.24. The molecule has 1 aliphatic rings. The number of thioether (sulfide) groups is 1. The molecular formula is C19H28OS2. The number of benzene rings is 1. The quantitative estimate of drug-likeness (QED) is 0.602. The molecule has 0 N–H and O–H groups in total. The second-order valence-corrected chi connectivity index (χ2v) is 8.85. The Morgan fingerprint density at radius 2 is 1.86 bits per heavy atom. The zero-order valence-electron chi connectivity index (χ0n) is 14.1. The minimum Gasteiger partial charge on any atom is -0.475 e. The average molecular weight is 337 g/mol. The molecule has 1 nitrogen and oxygen atoms in total. The van der Waals surface area contributed by atoms with E-state index in [9.17, 15) is 0 Å². The molecule has 22 heavy (non-hydrogen) atoms. The van der Waals surface area contributed by atoms with Crippen molar-refractivity contribution in [1.82, 2.24) is 0 Å². The van der Waals surface area contributed by atoms with E-state index in [4.69, 9.17) is 17.0 Å². The summed E-state index contributed by atoms with van der Waals surface area (Å²) in [5, 5.41) is 0.340. The summed E-state index contributed by atoms with van der Waals surface area (Å²) in [5.41, 5.74) is 1.30. The van der Waals surface area contributed by atoms with Gasteiger partial charge in [-0.05, 0) is 55.3 Å². The number of rotatable bonds is 4. The highest BCUT2D eigenvalue weighted by Crippen LogP contribution is 2.37. The molecule has 0 saturated heterocycles. The lowest BCUT2D eigenvalue weighted by atomic mass is 9.75. The van der Waals surface area contributed by atoms with Crippen LogP contribution in [-0.2, 0) is 4.74 Å². The number of thiocarbonyl (C=S) groups is 1. The van der Waals surface area contributed by atoms with Gasteiger partial charge in [-0.3, -0.25) is 0 Å². The minimum absolute atomic E-state index is 0.298. The van der Waals surface area contributed by atoms with Crippen LogP contribution in [-0.4, -0.2) is 10.5 Å². The molecular weight excluding hydrogens is 308 g/mol. The fourth-order valence-corrected chi connectivity index (χ4v) is 4.66. The second-order valence-electron chi connectivity index (χ2n) is 6.90. The fraction of sp³-hybridized carbons (Fsp3) is 0.632. The molecule has 122 valence electrons. The average Bonchev–Trinajstić information content (AvgIpc) is 2.47. The summed E-state index contributed by atoms with van der Waals surface area (Å²) in [5.74, 6) is 2.05. The van der Waals surface area contributed by atoms with Crippen LogP contribution in [0.25, 0.3) is 0 Å². The summed E-state index contributed by atoms with van der Waals surface area (Å²) < 4.78 is 6.93.